The lowest BCUT2D eigenvalue weighted by Crippen LogP contribution is -2.46. The van der Waals surface area contributed by atoms with E-state index in [0.717, 1.165) is 31.1 Å². The van der Waals surface area contributed by atoms with Gasteiger partial charge in [-0.3, -0.25) is 15.6 Å². The topological polar surface area (TPSA) is 69.3 Å². The summed E-state index contributed by atoms with van der Waals surface area (Å²) >= 11 is 5.86. The summed E-state index contributed by atoms with van der Waals surface area (Å²) in [7, 11) is 0. The highest BCUT2D eigenvalue weighted by molar-refractivity contribution is 6.30. The van der Waals surface area contributed by atoms with Gasteiger partial charge in [-0.2, -0.15) is 0 Å². The second-order valence-corrected chi connectivity index (χ2v) is 7.29. The molecule has 4 rings (SSSR count). The van der Waals surface area contributed by atoms with Crippen LogP contribution in [0.15, 0.2) is 72.9 Å². The van der Waals surface area contributed by atoms with Gasteiger partial charge >= 0.3 is 0 Å². The van der Waals surface area contributed by atoms with Gasteiger partial charge in [0, 0.05) is 36.9 Å². The van der Waals surface area contributed by atoms with E-state index in [4.69, 9.17) is 11.6 Å². The molecule has 2 aromatic carbocycles. The summed E-state index contributed by atoms with van der Waals surface area (Å²) in [6.07, 6.45) is 1.60. The van der Waals surface area contributed by atoms with Crippen molar-refractivity contribution in [2.75, 3.05) is 30.0 Å². The number of piperazine rings is 1. The van der Waals surface area contributed by atoms with Gasteiger partial charge in [0.15, 0.2) is 0 Å². The number of nitrogens with one attached hydrogen (secondary N) is 3. The zero-order valence-corrected chi connectivity index (χ0v) is 16.6. The normalized spacial score (nSPS) is 16.3. The minimum Gasteiger partial charge on any atom is -0.353 e. The summed E-state index contributed by atoms with van der Waals surface area (Å²) in [5.74, 6) is 0.621. The van der Waals surface area contributed by atoms with Crippen molar-refractivity contribution in [2.45, 2.75) is 6.04 Å². The number of hydrogen-bond donors (Lipinski definition) is 3. The number of anilines is 2. The van der Waals surface area contributed by atoms with Gasteiger partial charge in [0.25, 0.3) is 5.91 Å². The molecule has 29 heavy (non-hydrogen) atoms. The molecule has 0 aliphatic carbocycles. The molecule has 2 heterocycles. The molecule has 0 radical (unpaired) electrons. The molecule has 6 nitrogen and oxygen atoms in total. The van der Waals surface area contributed by atoms with Crippen LogP contribution in [-0.4, -0.2) is 30.5 Å². The van der Waals surface area contributed by atoms with E-state index in [9.17, 15) is 4.79 Å². The van der Waals surface area contributed by atoms with Crippen LogP contribution in [-0.2, 0) is 0 Å². The Morgan fingerprint density at radius 3 is 2.59 bits per heavy atom. The average molecular weight is 408 g/mol. The number of amides is 1. The monoisotopic (exact) mass is 407 g/mol. The molecule has 0 bridgehead atoms. The first-order valence-corrected chi connectivity index (χ1v) is 9.88. The summed E-state index contributed by atoms with van der Waals surface area (Å²) in [5.41, 5.74) is 8.04. The van der Waals surface area contributed by atoms with Gasteiger partial charge in [0.05, 0.1) is 11.3 Å². The van der Waals surface area contributed by atoms with Crippen LogP contribution in [0.1, 0.15) is 22.0 Å². The molecule has 1 unspecified atom stereocenters. The number of halogens is 1. The first-order chi connectivity index (χ1) is 14.2. The Balaban J connectivity index is 1.37. The quantitative estimate of drug-likeness (QED) is 0.563. The average Bonchev–Trinajstić information content (AvgIpc) is 2.79. The molecular formula is C22H22ClN5O. The smallest absolute Gasteiger partial charge is 0.271 e. The van der Waals surface area contributed by atoms with Crippen LogP contribution in [0.4, 0.5) is 11.5 Å². The van der Waals surface area contributed by atoms with Crippen molar-refractivity contribution in [1.29, 1.82) is 0 Å². The summed E-state index contributed by atoms with van der Waals surface area (Å²) in [6.45, 7) is 2.59. The molecule has 1 aliphatic rings. The van der Waals surface area contributed by atoms with E-state index in [1.54, 1.807) is 36.5 Å². The van der Waals surface area contributed by atoms with Gasteiger partial charge in [0.2, 0.25) is 0 Å². The lowest BCUT2D eigenvalue weighted by atomic mass is 10.0. The van der Waals surface area contributed by atoms with E-state index >= 15 is 0 Å². The van der Waals surface area contributed by atoms with Crippen molar-refractivity contribution in [2.24, 2.45) is 0 Å². The van der Waals surface area contributed by atoms with Crippen LogP contribution >= 0.6 is 11.6 Å². The Hall–Kier alpha value is -3.09. The van der Waals surface area contributed by atoms with Crippen LogP contribution < -0.4 is 21.1 Å². The molecule has 0 saturated carbocycles. The zero-order chi connectivity index (χ0) is 20.1. The van der Waals surface area contributed by atoms with Crippen LogP contribution in [0.25, 0.3) is 0 Å². The Bertz CT molecular complexity index is 947. The highest BCUT2D eigenvalue weighted by Crippen LogP contribution is 2.21. The van der Waals surface area contributed by atoms with E-state index in [1.165, 1.54) is 5.56 Å². The van der Waals surface area contributed by atoms with E-state index in [0.29, 0.717) is 10.6 Å². The highest BCUT2D eigenvalue weighted by Gasteiger charge is 2.21. The summed E-state index contributed by atoms with van der Waals surface area (Å²) < 4.78 is 0. The third kappa shape index (κ3) is 4.85. The Labute approximate surface area is 174 Å². The van der Waals surface area contributed by atoms with Crippen molar-refractivity contribution >= 4 is 29.0 Å². The number of nitrogens with zero attached hydrogens (tertiary/aromatic N) is 2. The van der Waals surface area contributed by atoms with Gasteiger partial charge in [0.1, 0.15) is 5.82 Å². The van der Waals surface area contributed by atoms with E-state index in [-0.39, 0.29) is 11.9 Å². The number of benzene rings is 2. The van der Waals surface area contributed by atoms with E-state index in [2.05, 4.69) is 50.3 Å². The van der Waals surface area contributed by atoms with Gasteiger partial charge in [-0.1, -0.05) is 41.9 Å². The zero-order valence-electron chi connectivity index (χ0n) is 15.8. The van der Waals surface area contributed by atoms with Crippen LogP contribution in [0.5, 0.6) is 0 Å². The standard InChI is InChI=1S/C22H22ClN5O/c23-18-7-9-19(10-8-18)26-27-22(29)17-6-11-21(25-14-17)28-13-12-24-20(15-28)16-4-2-1-3-5-16/h1-11,14,20,24,26H,12-13,15H2,(H,27,29). The molecule has 3 aromatic rings. The molecule has 7 heteroatoms. The molecule has 1 aromatic heterocycles. The minimum absolute atomic E-state index is 0.249. The lowest BCUT2D eigenvalue weighted by molar-refractivity contribution is 0.0962. The number of carbonyl (C=O) groups is 1. The SMILES string of the molecule is O=C(NNc1ccc(Cl)cc1)c1ccc(N2CCNC(c3ccccc3)C2)nc1. The second-order valence-electron chi connectivity index (χ2n) is 6.85. The maximum atomic E-state index is 12.3. The molecule has 1 amide bonds. The first-order valence-electron chi connectivity index (χ1n) is 9.50. The van der Waals surface area contributed by atoms with Gasteiger partial charge in [-0.25, -0.2) is 4.98 Å². The van der Waals surface area contributed by atoms with Crippen molar-refractivity contribution in [3.8, 4) is 0 Å². The first kappa shape index (κ1) is 19.2. The van der Waals surface area contributed by atoms with E-state index in [1.807, 2.05) is 12.1 Å². The molecule has 0 spiro atoms. The van der Waals surface area contributed by atoms with Crippen molar-refractivity contribution in [1.82, 2.24) is 15.7 Å². The van der Waals surface area contributed by atoms with E-state index < -0.39 is 0 Å². The number of hydrogen-bond acceptors (Lipinski definition) is 5. The lowest BCUT2D eigenvalue weighted by Gasteiger charge is -2.34. The summed E-state index contributed by atoms with van der Waals surface area (Å²) in [4.78, 5) is 19.1. The predicted octanol–water partition coefficient (Wildman–Crippen LogP) is 3.64. The third-order valence-electron chi connectivity index (χ3n) is 4.88. The fourth-order valence-corrected chi connectivity index (χ4v) is 3.43. The number of rotatable bonds is 5. The maximum absolute atomic E-state index is 12.3. The molecule has 148 valence electrons. The van der Waals surface area contributed by atoms with Crippen molar-refractivity contribution < 1.29 is 4.79 Å². The highest BCUT2D eigenvalue weighted by atomic mass is 35.5. The van der Waals surface area contributed by atoms with Gasteiger partial charge < -0.3 is 10.2 Å². The van der Waals surface area contributed by atoms with Crippen LogP contribution in [0.3, 0.4) is 0 Å². The summed E-state index contributed by atoms with van der Waals surface area (Å²) in [6, 6.07) is 21.4. The number of aromatic nitrogens is 1. The fourth-order valence-electron chi connectivity index (χ4n) is 3.31. The number of hydrazine groups is 1. The molecule has 1 saturated heterocycles. The fraction of sp³-hybridized carbons (Fsp3) is 0.182. The largest absolute Gasteiger partial charge is 0.353 e. The van der Waals surface area contributed by atoms with Crippen LogP contribution in [0, 0.1) is 0 Å². The Morgan fingerprint density at radius 2 is 1.86 bits per heavy atom. The minimum atomic E-state index is -0.249. The number of carbonyl (C=O) groups excluding carboxylic acids is 1. The molecule has 3 N–H and O–H groups in total. The van der Waals surface area contributed by atoms with Crippen molar-refractivity contribution in [3.63, 3.8) is 0 Å². The Kier molecular flexibility index (Phi) is 5.93. The van der Waals surface area contributed by atoms with Crippen LogP contribution in [0.2, 0.25) is 5.02 Å². The van der Waals surface area contributed by atoms with Crippen molar-refractivity contribution in [3.05, 3.63) is 89.1 Å². The second kappa shape index (κ2) is 8.94. The molecule has 1 fully saturated rings. The molecule has 1 aliphatic heterocycles. The summed E-state index contributed by atoms with van der Waals surface area (Å²) in [5, 5.41) is 4.19. The number of pyridine rings is 1. The maximum Gasteiger partial charge on any atom is 0.271 e. The molecular weight excluding hydrogens is 386 g/mol. The van der Waals surface area contributed by atoms with Gasteiger partial charge in [-0.15, -0.1) is 0 Å². The Morgan fingerprint density at radius 1 is 1.07 bits per heavy atom. The molecule has 1 atom stereocenters. The van der Waals surface area contributed by atoms with Gasteiger partial charge in [-0.05, 0) is 42.0 Å². The third-order valence-corrected chi connectivity index (χ3v) is 5.13. The predicted molar refractivity (Wildman–Crippen MR) is 116 cm³/mol.